The van der Waals surface area contributed by atoms with E-state index in [-0.39, 0.29) is 6.67 Å². The molecule has 4 rings (SSSR count). The molecule has 0 spiro atoms. The third-order valence-electron chi connectivity index (χ3n) is 4.83. The zero-order chi connectivity index (χ0) is 23.3. The molecule has 1 aliphatic heterocycles. The van der Waals surface area contributed by atoms with Crippen LogP contribution in [0.25, 0.3) is 16.9 Å². The molecule has 4 heterocycles. The maximum absolute atomic E-state index is 12.5. The third kappa shape index (κ3) is 4.26. The van der Waals surface area contributed by atoms with Crippen molar-refractivity contribution in [3.05, 3.63) is 36.3 Å². The second kappa shape index (κ2) is 7.56. The topological polar surface area (TPSA) is 131 Å². The summed E-state index contributed by atoms with van der Waals surface area (Å²) in [4.78, 5) is 21.4. The molecule has 0 atom stereocenters. The van der Waals surface area contributed by atoms with E-state index in [0.29, 0.717) is 29.3 Å². The smallest absolute Gasteiger partial charge is 0.413 e. The molecule has 0 unspecified atom stereocenters. The number of amidine groups is 1. The molecule has 0 aliphatic carbocycles. The summed E-state index contributed by atoms with van der Waals surface area (Å²) in [7, 11) is 0. The number of fused-ring (bicyclic) bond motifs is 2. The number of nitrogens with zero attached hydrogens (tertiary/aromatic N) is 4. The van der Waals surface area contributed by atoms with Crippen LogP contribution in [0.1, 0.15) is 40.2 Å². The van der Waals surface area contributed by atoms with Gasteiger partial charge in [0.25, 0.3) is 0 Å². The second-order valence-electron chi connectivity index (χ2n) is 9.47. The Kier molecular flexibility index (Phi) is 5.12. The number of nitrogen functional groups attached to an aromatic ring is 1. The van der Waals surface area contributed by atoms with Crippen LogP contribution in [-0.4, -0.2) is 48.9 Å². The van der Waals surface area contributed by atoms with Crippen molar-refractivity contribution in [2.45, 2.75) is 52.4 Å². The minimum absolute atomic E-state index is 0.273. The van der Waals surface area contributed by atoms with Crippen LogP contribution in [0.3, 0.4) is 0 Å². The first-order valence-electron chi connectivity index (χ1n) is 10.4. The van der Waals surface area contributed by atoms with Crippen LogP contribution in [0.15, 0.2) is 35.7 Å². The number of alkyl carbamates (subject to hydrolysis) is 1. The lowest BCUT2D eigenvalue weighted by Gasteiger charge is -2.24. The van der Waals surface area contributed by atoms with Crippen molar-refractivity contribution >= 4 is 29.1 Å². The Morgan fingerprint density at radius 1 is 1.31 bits per heavy atom. The van der Waals surface area contributed by atoms with Gasteiger partial charge in [-0.25, -0.2) is 14.8 Å². The highest BCUT2D eigenvalue weighted by atomic mass is 16.6. The molecule has 10 nitrogen and oxygen atoms in total. The Bertz CT molecular complexity index is 1210. The molecule has 1 amide bonds. The van der Waals surface area contributed by atoms with Crippen LogP contribution < -0.4 is 16.4 Å². The molecule has 5 N–H and O–H groups in total. The van der Waals surface area contributed by atoms with E-state index in [2.05, 4.69) is 20.6 Å². The van der Waals surface area contributed by atoms with Crippen molar-refractivity contribution in [1.82, 2.24) is 19.3 Å². The molecule has 0 aromatic carbocycles. The first kappa shape index (κ1) is 21.7. The molecule has 1 aliphatic rings. The van der Waals surface area contributed by atoms with Gasteiger partial charge >= 0.3 is 6.09 Å². The summed E-state index contributed by atoms with van der Waals surface area (Å²) in [5, 5.41) is 16.5. The molecular weight excluding hydrogens is 410 g/mol. The maximum Gasteiger partial charge on any atom is 0.413 e. The predicted octanol–water partition coefficient (Wildman–Crippen LogP) is 2.81. The number of ether oxygens (including phenoxy) is 1. The molecule has 0 saturated carbocycles. The molecule has 0 fully saturated rings. The van der Waals surface area contributed by atoms with Crippen LogP contribution in [0, 0.1) is 0 Å². The average molecular weight is 440 g/mol. The third-order valence-corrected chi connectivity index (χ3v) is 4.83. The van der Waals surface area contributed by atoms with E-state index < -0.39 is 17.3 Å². The lowest BCUT2D eigenvalue weighted by molar-refractivity contribution is 0.0561. The van der Waals surface area contributed by atoms with E-state index in [9.17, 15) is 9.90 Å². The number of hydrogen-bond acceptors (Lipinski definition) is 7. The van der Waals surface area contributed by atoms with Crippen LogP contribution >= 0.6 is 0 Å². The average Bonchev–Trinajstić information content (AvgIpc) is 3.26. The molecule has 0 bridgehead atoms. The van der Waals surface area contributed by atoms with E-state index >= 15 is 0 Å². The highest BCUT2D eigenvalue weighted by Crippen LogP contribution is 2.35. The number of aliphatic hydroxyl groups is 1. The van der Waals surface area contributed by atoms with E-state index in [0.717, 1.165) is 17.1 Å². The van der Waals surface area contributed by atoms with Crippen molar-refractivity contribution < 1.29 is 14.6 Å². The molecule has 10 heteroatoms. The van der Waals surface area contributed by atoms with Crippen molar-refractivity contribution in [3.63, 3.8) is 0 Å². The number of hydrogen-bond donors (Lipinski definition) is 4. The SMILES string of the molecule is CC(C)(O)Cn1cc(-c2ccc(N)c3nccn23)c2c1NCN=C2NC(=O)OC(C)(C)C. The van der Waals surface area contributed by atoms with Gasteiger partial charge in [-0.2, -0.15) is 0 Å². The Morgan fingerprint density at radius 2 is 2.06 bits per heavy atom. The largest absolute Gasteiger partial charge is 0.444 e. The van der Waals surface area contributed by atoms with E-state index in [1.165, 1.54) is 0 Å². The van der Waals surface area contributed by atoms with Crippen molar-refractivity contribution in [2.75, 3.05) is 17.7 Å². The summed E-state index contributed by atoms with van der Waals surface area (Å²) >= 11 is 0. The van der Waals surface area contributed by atoms with Crippen molar-refractivity contribution in [3.8, 4) is 11.3 Å². The van der Waals surface area contributed by atoms with Crippen molar-refractivity contribution in [2.24, 2.45) is 4.99 Å². The zero-order valence-electron chi connectivity index (χ0n) is 18.9. The number of carbonyl (C=O) groups is 1. The number of aliphatic imine (C=N–C) groups is 1. The van der Waals surface area contributed by atoms with Gasteiger partial charge in [0.05, 0.1) is 29.1 Å². The van der Waals surface area contributed by atoms with Gasteiger partial charge in [-0.1, -0.05) is 0 Å². The number of aromatic nitrogens is 3. The fraction of sp³-hybridized carbons (Fsp3) is 0.409. The molecule has 3 aromatic heterocycles. The van der Waals surface area contributed by atoms with Crippen LogP contribution in [0.5, 0.6) is 0 Å². The van der Waals surface area contributed by atoms with Gasteiger partial charge in [-0.05, 0) is 46.8 Å². The summed E-state index contributed by atoms with van der Waals surface area (Å²) in [6.07, 6.45) is 4.85. The summed E-state index contributed by atoms with van der Waals surface area (Å²) in [6.45, 7) is 9.51. The number of rotatable bonds is 3. The highest BCUT2D eigenvalue weighted by Gasteiger charge is 2.29. The number of imidazole rings is 1. The van der Waals surface area contributed by atoms with Gasteiger partial charge in [0.1, 0.15) is 23.9 Å². The molecule has 170 valence electrons. The zero-order valence-corrected chi connectivity index (χ0v) is 18.9. The summed E-state index contributed by atoms with van der Waals surface area (Å²) in [6, 6.07) is 3.69. The summed E-state index contributed by atoms with van der Waals surface area (Å²) < 4.78 is 9.25. The minimum atomic E-state index is -0.954. The fourth-order valence-corrected chi connectivity index (χ4v) is 3.75. The van der Waals surface area contributed by atoms with E-state index in [1.807, 2.05) is 27.4 Å². The molecule has 0 radical (unpaired) electrons. The Morgan fingerprint density at radius 3 is 2.75 bits per heavy atom. The quantitative estimate of drug-likeness (QED) is 0.496. The van der Waals surface area contributed by atoms with Gasteiger partial charge in [0.15, 0.2) is 5.65 Å². The normalized spacial score (nSPS) is 14.0. The first-order chi connectivity index (χ1) is 14.9. The lowest BCUT2D eigenvalue weighted by atomic mass is 10.1. The van der Waals surface area contributed by atoms with Crippen LogP contribution in [0.2, 0.25) is 0 Å². The lowest BCUT2D eigenvalue weighted by Crippen LogP contribution is -2.39. The van der Waals surface area contributed by atoms with Gasteiger partial charge in [-0.15, -0.1) is 0 Å². The minimum Gasteiger partial charge on any atom is -0.444 e. The van der Waals surface area contributed by atoms with Gasteiger partial charge in [-0.3, -0.25) is 9.72 Å². The number of anilines is 2. The fourth-order valence-electron chi connectivity index (χ4n) is 3.75. The first-order valence-corrected chi connectivity index (χ1v) is 10.4. The number of nitrogens with two attached hydrogens (primary N) is 1. The van der Waals surface area contributed by atoms with Crippen LogP contribution in [-0.2, 0) is 11.3 Å². The summed E-state index contributed by atoms with van der Waals surface area (Å²) in [5.41, 5.74) is 8.01. The summed E-state index contributed by atoms with van der Waals surface area (Å²) in [5.74, 6) is 1.14. The Hall–Kier alpha value is -3.53. The predicted molar refractivity (Wildman–Crippen MR) is 124 cm³/mol. The highest BCUT2D eigenvalue weighted by molar-refractivity contribution is 6.14. The standard InChI is InChI=1S/C22H29N7O3/c1-21(2,3)32-20(30)27-17-16-13(15-7-6-14(23)18-24-8-9-29(15)18)10-28(11-22(4,5)31)19(16)26-12-25-17/h6-10,26,31H,11-12,23H2,1-5H3,(H,25,27,30). The van der Waals surface area contributed by atoms with Gasteiger partial charge < -0.3 is 25.5 Å². The number of pyridine rings is 1. The monoisotopic (exact) mass is 439 g/mol. The Labute approximate surface area is 186 Å². The van der Waals surface area contributed by atoms with E-state index in [1.54, 1.807) is 46.9 Å². The Balaban J connectivity index is 1.86. The number of nitrogens with one attached hydrogen (secondary N) is 2. The molecule has 32 heavy (non-hydrogen) atoms. The van der Waals surface area contributed by atoms with Crippen LogP contribution in [0.4, 0.5) is 16.3 Å². The molecule has 3 aromatic rings. The second-order valence-corrected chi connectivity index (χ2v) is 9.47. The molecular formula is C22H29N7O3. The molecule has 0 saturated heterocycles. The maximum atomic E-state index is 12.5. The number of carbonyl (C=O) groups excluding carboxylic acids is 1. The number of amides is 1. The van der Waals surface area contributed by atoms with Crippen molar-refractivity contribution in [1.29, 1.82) is 0 Å². The van der Waals surface area contributed by atoms with E-state index in [4.69, 9.17) is 10.5 Å². The van der Waals surface area contributed by atoms with Gasteiger partial charge in [0.2, 0.25) is 0 Å². The van der Waals surface area contributed by atoms with Gasteiger partial charge in [0, 0.05) is 24.2 Å².